The Morgan fingerprint density at radius 2 is 1.90 bits per heavy atom. The summed E-state index contributed by atoms with van der Waals surface area (Å²) in [6.45, 7) is 5.66. The molecule has 1 atom stereocenters. The molecule has 1 amide bonds. The van der Waals surface area contributed by atoms with Gasteiger partial charge in [-0.2, -0.15) is 0 Å². The molecule has 3 rings (SSSR count). The maximum Gasteiger partial charge on any atom is 0.227 e. The van der Waals surface area contributed by atoms with Crippen LogP contribution >= 0.6 is 11.3 Å². The van der Waals surface area contributed by atoms with E-state index in [1.807, 2.05) is 17.9 Å². The molecule has 2 N–H and O–H groups in total. The maximum absolute atomic E-state index is 12.9. The summed E-state index contributed by atoms with van der Waals surface area (Å²) in [4.78, 5) is 18.9. The van der Waals surface area contributed by atoms with Gasteiger partial charge in [-0.25, -0.2) is 8.42 Å². The standard InChI is InChI=1S/C23H33N3O3S2/c1-3-26(23(27)17-18-6-8-20(9-7-18)31(2,28)29)19-10-13-25(14-11-19)15-12-21(24)22-5-4-16-30-22/h4-9,16,19,21H,3,10-15,17,24H2,1-2H3. The number of hydrogen-bond donors (Lipinski definition) is 1. The molecule has 2 heterocycles. The quantitative estimate of drug-likeness (QED) is 0.618. The number of likely N-dealkylation sites (tertiary alicyclic amines) is 1. The molecule has 0 bridgehead atoms. The fraction of sp³-hybridized carbons (Fsp3) is 0.522. The van der Waals surface area contributed by atoms with Crippen LogP contribution in [-0.2, 0) is 21.1 Å². The SMILES string of the molecule is CCN(C(=O)Cc1ccc(S(C)(=O)=O)cc1)C1CCN(CCC(N)c2cccs2)CC1. The minimum Gasteiger partial charge on any atom is -0.340 e. The van der Waals surface area contributed by atoms with Crippen molar-refractivity contribution in [3.05, 3.63) is 52.2 Å². The molecule has 6 nitrogen and oxygen atoms in total. The van der Waals surface area contributed by atoms with Gasteiger partial charge in [0.15, 0.2) is 9.84 Å². The third-order valence-corrected chi connectivity index (χ3v) is 8.16. The minimum absolute atomic E-state index is 0.0977. The van der Waals surface area contributed by atoms with Crippen molar-refractivity contribution >= 4 is 27.1 Å². The smallest absolute Gasteiger partial charge is 0.227 e. The molecule has 0 aliphatic carbocycles. The predicted molar refractivity (Wildman–Crippen MR) is 126 cm³/mol. The van der Waals surface area contributed by atoms with Crippen LogP contribution in [0.4, 0.5) is 0 Å². The van der Waals surface area contributed by atoms with E-state index in [1.54, 1.807) is 35.6 Å². The zero-order chi connectivity index (χ0) is 22.4. The van der Waals surface area contributed by atoms with E-state index in [0.717, 1.165) is 44.5 Å². The summed E-state index contributed by atoms with van der Waals surface area (Å²) in [5.41, 5.74) is 7.14. The second kappa shape index (κ2) is 10.7. The van der Waals surface area contributed by atoms with E-state index in [-0.39, 0.29) is 22.9 Å². The van der Waals surface area contributed by atoms with Gasteiger partial charge in [-0.05, 0) is 61.9 Å². The molecular formula is C23H33N3O3S2. The molecule has 1 aromatic carbocycles. The number of rotatable bonds is 9. The first-order valence-electron chi connectivity index (χ1n) is 10.9. The van der Waals surface area contributed by atoms with E-state index in [2.05, 4.69) is 16.3 Å². The van der Waals surface area contributed by atoms with Crippen molar-refractivity contribution in [2.24, 2.45) is 5.73 Å². The van der Waals surface area contributed by atoms with Crippen molar-refractivity contribution in [3.63, 3.8) is 0 Å². The van der Waals surface area contributed by atoms with Gasteiger partial charge < -0.3 is 15.5 Å². The molecular weight excluding hydrogens is 430 g/mol. The molecule has 0 spiro atoms. The van der Waals surface area contributed by atoms with Crippen LogP contribution in [0.15, 0.2) is 46.7 Å². The highest BCUT2D eigenvalue weighted by Gasteiger charge is 2.27. The lowest BCUT2D eigenvalue weighted by Crippen LogP contribution is -2.48. The highest BCUT2D eigenvalue weighted by molar-refractivity contribution is 7.90. The molecule has 1 aliphatic heterocycles. The lowest BCUT2D eigenvalue weighted by molar-refractivity contribution is -0.133. The number of likely N-dealkylation sites (N-methyl/N-ethyl adjacent to an activating group) is 1. The molecule has 0 radical (unpaired) electrons. The molecule has 1 aliphatic rings. The van der Waals surface area contributed by atoms with Crippen molar-refractivity contribution in [2.75, 3.05) is 32.4 Å². The monoisotopic (exact) mass is 463 g/mol. The van der Waals surface area contributed by atoms with E-state index in [9.17, 15) is 13.2 Å². The van der Waals surface area contributed by atoms with E-state index in [1.165, 1.54) is 11.1 Å². The third-order valence-electron chi connectivity index (χ3n) is 6.03. The number of nitrogens with two attached hydrogens (primary N) is 1. The summed E-state index contributed by atoms with van der Waals surface area (Å²) in [6.07, 6.45) is 4.38. The average molecular weight is 464 g/mol. The molecule has 1 aromatic heterocycles. The van der Waals surface area contributed by atoms with Gasteiger partial charge in [0.05, 0.1) is 11.3 Å². The number of piperidine rings is 1. The molecule has 0 saturated carbocycles. The van der Waals surface area contributed by atoms with Crippen molar-refractivity contribution < 1.29 is 13.2 Å². The van der Waals surface area contributed by atoms with Gasteiger partial charge in [-0.15, -0.1) is 11.3 Å². The van der Waals surface area contributed by atoms with Gasteiger partial charge in [0.1, 0.15) is 0 Å². The Morgan fingerprint density at radius 3 is 2.45 bits per heavy atom. The number of benzene rings is 1. The number of hydrogen-bond acceptors (Lipinski definition) is 6. The highest BCUT2D eigenvalue weighted by atomic mass is 32.2. The number of carbonyl (C=O) groups excluding carboxylic acids is 1. The van der Waals surface area contributed by atoms with E-state index in [0.29, 0.717) is 13.0 Å². The fourth-order valence-corrected chi connectivity index (χ4v) is 5.58. The summed E-state index contributed by atoms with van der Waals surface area (Å²) >= 11 is 1.71. The molecule has 2 aromatic rings. The summed E-state index contributed by atoms with van der Waals surface area (Å²) in [6, 6.07) is 11.1. The van der Waals surface area contributed by atoms with E-state index < -0.39 is 9.84 Å². The van der Waals surface area contributed by atoms with Crippen LogP contribution < -0.4 is 5.73 Å². The summed E-state index contributed by atoms with van der Waals surface area (Å²) in [5, 5.41) is 2.07. The van der Waals surface area contributed by atoms with Crippen molar-refractivity contribution in [1.29, 1.82) is 0 Å². The van der Waals surface area contributed by atoms with Crippen molar-refractivity contribution in [3.8, 4) is 0 Å². The fourth-order valence-electron chi connectivity index (χ4n) is 4.19. The van der Waals surface area contributed by atoms with E-state index in [4.69, 9.17) is 5.73 Å². The topological polar surface area (TPSA) is 83.7 Å². The van der Waals surface area contributed by atoms with Gasteiger partial charge in [-0.1, -0.05) is 18.2 Å². The maximum atomic E-state index is 12.9. The van der Waals surface area contributed by atoms with Crippen LogP contribution in [-0.4, -0.2) is 62.6 Å². The average Bonchev–Trinajstić information content (AvgIpc) is 3.28. The first-order chi connectivity index (χ1) is 14.8. The zero-order valence-corrected chi connectivity index (χ0v) is 20.0. The van der Waals surface area contributed by atoms with Crippen molar-refractivity contribution in [1.82, 2.24) is 9.80 Å². The number of amides is 1. The summed E-state index contributed by atoms with van der Waals surface area (Å²) < 4.78 is 23.2. The van der Waals surface area contributed by atoms with Crippen LogP contribution in [0.25, 0.3) is 0 Å². The molecule has 8 heteroatoms. The number of sulfone groups is 1. The van der Waals surface area contributed by atoms with Crippen LogP contribution in [0.3, 0.4) is 0 Å². The third kappa shape index (κ3) is 6.62. The van der Waals surface area contributed by atoms with Gasteiger partial charge in [0.25, 0.3) is 0 Å². The molecule has 1 saturated heterocycles. The molecule has 31 heavy (non-hydrogen) atoms. The van der Waals surface area contributed by atoms with Gasteiger partial charge in [0, 0.05) is 42.9 Å². The van der Waals surface area contributed by atoms with Crippen molar-refractivity contribution in [2.45, 2.75) is 49.6 Å². The lowest BCUT2D eigenvalue weighted by Gasteiger charge is -2.38. The largest absolute Gasteiger partial charge is 0.340 e. The highest BCUT2D eigenvalue weighted by Crippen LogP contribution is 2.22. The number of nitrogens with zero attached hydrogens (tertiary/aromatic N) is 2. The number of thiophene rings is 1. The van der Waals surface area contributed by atoms with Crippen LogP contribution in [0.5, 0.6) is 0 Å². The first-order valence-corrected chi connectivity index (χ1v) is 13.6. The van der Waals surface area contributed by atoms with Crippen LogP contribution in [0, 0.1) is 0 Å². The Balaban J connectivity index is 1.48. The van der Waals surface area contributed by atoms with Crippen LogP contribution in [0.1, 0.15) is 42.7 Å². The van der Waals surface area contributed by atoms with Gasteiger partial charge >= 0.3 is 0 Å². The zero-order valence-electron chi connectivity index (χ0n) is 18.4. The molecule has 1 fully saturated rings. The lowest BCUT2D eigenvalue weighted by atomic mass is 10.0. The first kappa shape index (κ1) is 23.9. The van der Waals surface area contributed by atoms with Gasteiger partial charge in [0.2, 0.25) is 5.91 Å². The Kier molecular flexibility index (Phi) is 8.27. The Bertz CT molecular complexity index is 935. The second-order valence-corrected chi connectivity index (χ2v) is 11.3. The van der Waals surface area contributed by atoms with Crippen LogP contribution in [0.2, 0.25) is 0 Å². The van der Waals surface area contributed by atoms with Gasteiger partial charge in [-0.3, -0.25) is 4.79 Å². The van der Waals surface area contributed by atoms with E-state index >= 15 is 0 Å². The minimum atomic E-state index is -3.22. The Labute approximate surface area is 190 Å². The summed E-state index contributed by atoms with van der Waals surface area (Å²) in [7, 11) is -3.22. The Morgan fingerprint density at radius 1 is 1.23 bits per heavy atom. The normalized spacial score (nSPS) is 16.9. The molecule has 170 valence electrons. The Hall–Kier alpha value is -1.74. The molecule has 1 unspecified atom stereocenters. The number of carbonyl (C=O) groups is 1. The summed E-state index contributed by atoms with van der Waals surface area (Å²) in [5.74, 6) is 0.104. The predicted octanol–water partition coefficient (Wildman–Crippen LogP) is 3.10. The second-order valence-electron chi connectivity index (χ2n) is 8.26.